The molecule has 2 unspecified atom stereocenters. The number of ether oxygens (including phenoxy) is 2. The van der Waals surface area contributed by atoms with E-state index in [-0.39, 0.29) is 16.8 Å². The van der Waals surface area contributed by atoms with Crippen molar-refractivity contribution in [3.63, 3.8) is 0 Å². The zero-order valence-electron chi connectivity index (χ0n) is 16.1. The van der Waals surface area contributed by atoms with Crippen LogP contribution < -0.4 is 15.4 Å². The van der Waals surface area contributed by atoms with E-state index in [1.165, 1.54) is 0 Å². The van der Waals surface area contributed by atoms with Crippen LogP contribution in [0, 0.1) is 5.41 Å². The smallest absolute Gasteiger partial charge is 0.191 e. The summed E-state index contributed by atoms with van der Waals surface area (Å²) in [5.74, 6) is 1.67. The average Bonchev–Trinajstić information content (AvgIpc) is 2.60. The van der Waals surface area contributed by atoms with Crippen LogP contribution in [0.4, 0.5) is 0 Å². The third-order valence-corrected chi connectivity index (χ3v) is 5.79. The van der Waals surface area contributed by atoms with Gasteiger partial charge in [0.2, 0.25) is 0 Å². The van der Waals surface area contributed by atoms with Crippen molar-refractivity contribution in [1.82, 2.24) is 10.6 Å². The summed E-state index contributed by atoms with van der Waals surface area (Å²) >= 11 is 0. The van der Waals surface area contributed by atoms with Gasteiger partial charge in [0, 0.05) is 38.2 Å². The van der Waals surface area contributed by atoms with Crippen LogP contribution in [-0.2, 0) is 11.2 Å². The molecule has 1 fully saturated rings. The molecule has 1 saturated carbocycles. The zero-order chi connectivity index (χ0) is 18.7. The monoisotopic (exact) mass is 349 g/mol. The lowest BCUT2D eigenvalue weighted by atomic mass is 9.56. The molecule has 0 spiro atoms. The molecule has 0 aliphatic heterocycles. The minimum atomic E-state index is -0.113. The normalized spacial score (nSPS) is 25.2. The molecule has 1 aromatic rings. The van der Waals surface area contributed by atoms with Gasteiger partial charge < -0.3 is 25.2 Å². The van der Waals surface area contributed by atoms with Crippen LogP contribution in [0.5, 0.6) is 11.5 Å². The lowest BCUT2D eigenvalue weighted by molar-refractivity contribution is -0.176. The maximum absolute atomic E-state index is 10.0. The molecule has 3 N–H and O–H groups in total. The van der Waals surface area contributed by atoms with Crippen LogP contribution in [0.2, 0.25) is 0 Å². The number of aliphatic imine (C=N–C) groups is 1. The molecule has 2 rings (SSSR count). The number of benzene rings is 1. The van der Waals surface area contributed by atoms with Crippen LogP contribution in [0.15, 0.2) is 23.2 Å². The highest BCUT2D eigenvalue weighted by Crippen LogP contribution is 2.51. The number of hydrogen-bond acceptors (Lipinski definition) is 4. The van der Waals surface area contributed by atoms with Gasteiger partial charge in [0.05, 0.1) is 12.7 Å². The van der Waals surface area contributed by atoms with Gasteiger partial charge in [-0.2, -0.15) is 0 Å². The Labute approximate surface area is 150 Å². The first-order valence-electron chi connectivity index (χ1n) is 8.65. The molecular weight excluding hydrogens is 318 g/mol. The lowest BCUT2D eigenvalue weighted by Gasteiger charge is -2.59. The summed E-state index contributed by atoms with van der Waals surface area (Å²) in [4.78, 5) is 4.30. The number of nitrogens with one attached hydrogen (secondary N) is 2. The summed E-state index contributed by atoms with van der Waals surface area (Å²) in [7, 11) is 5.12. The molecule has 0 amide bonds. The Morgan fingerprint density at radius 1 is 1.32 bits per heavy atom. The Kier molecular flexibility index (Phi) is 5.83. The summed E-state index contributed by atoms with van der Waals surface area (Å²) in [5, 5.41) is 16.8. The molecule has 0 saturated heterocycles. The van der Waals surface area contributed by atoms with Crippen molar-refractivity contribution in [2.45, 2.75) is 45.3 Å². The summed E-state index contributed by atoms with van der Waals surface area (Å²) < 4.78 is 10.8. The van der Waals surface area contributed by atoms with E-state index in [9.17, 15) is 5.11 Å². The predicted octanol–water partition coefficient (Wildman–Crippen LogP) is 2.31. The molecule has 0 aromatic heterocycles. The Balaban J connectivity index is 1.86. The molecule has 1 aliphatic rings. The van der Waals surface area contributed by atoms with Crippen molar-refractivity contribution >= 4 is 5.96 Å². The van der Waals surface area contributed by atoms with Gasteiger partial charge in [0.15, 0.2) is 5.96 Å². The van der Waals surface area contributed by atoms with Crippen LogP contribution >= 0.6 is 0 Å². The van der Waals surface area contributed by atoms with Crippen molar-refractivity contribution in [3.8, 4) is 11.5 Å². The van der Waals surface area contributed by atoms with Crippen molar-refractivity contribution < 1.29 is 14.6 Å². The van der Waals surface area contributed by atoms with Gasteiger partial charge in [-0.15, -0.1) is 0 Å². The van der Waals surface area contributed by atoms with Crippen molar-refractivity contribution in [2.24, 2.45) is 10.4 Å². The van der Waals surface area contributed by atoms with E-state index in [2.05, 4.69) is 36.4 Å². The quantitative estimate of drug-likeness (QED) is 0.543. The number of nitrogens with zero attached hydrogens (tertiary/aromatic N) is 1. The first kappa shape index (κ1) is 19.4. The van der Waals surface area contributed by atoms with Crippen molar-refractivity contribution in [1.29, 1.82) is 0 Å². The van der Waals surface area contributed by atoms with Crippen LogP contribution in [-0.4, -0.2) is 50.5 Å². The SMILES string of the molecule is CN=C(NCCc1ccc(OC)cc1O)NC1CC(C)(OC)C1(C)C. The molecule has 2 atom stereocenters. The van der Waals surface area contributed by atoms with Gasteiger partial charge in [-0.05, 0) is 31.4 Å². The molecule has 0 radical (unpaired) electrons. The third kappa shape index (κ3) is 3.84. The van der Waals surface area contributed by atoms with Gasteiger partial charge in [0.25, 0.3) is 0 Å². The summed E-state index contributed by atoms with van der Waals surface area (Å²) in [5.41, 5.74) is 0.783. The molecule has 1 aromatic carbocycles. The summed E-state index contributed by atoms with van der Waals surface area (Å²) in [6, 6.07) is 5.67. The standard InChI is InChI=1S/C19H31N3O3/c1-18(2)16(12-19(18,3)25-6)22-17(20-4)21-10-9-13-7-8-14(24-5)11-15(13)23/h7-8,11,16,23H,9-10,12H2,1-6H3,(H2,20,21,22). The molecule has 140 valence electrons. The number of methoxy groups -OCH3 is 2. The van der Waals surface area contributed by atoms with E-state index in [4.69, 9.17) is 9.47 Å². The van der Waals surface area contributed by atoms with E-state index in [1.54, 1.807) is 27.3 Å². The lowest BCUT2D eigenvalue weighted by Crippen LogP contribution is -2.69. The predicted molar refractivity (Wildman–Crippen MR) is 100 cm³/mol. The molecule has 6 heteroatoms. The number of guanidine groups is 1. The first-order valence-corrected chi connectivity index (χ1v) is 8.65. The Bertz CT molecular complexity index is 630. The third-order valence-electron chi connectivity index (χ3n) is 5.79. The number of phenolic OH excluding ortho intramolecular Hbond substituents is 1. The molecule has 0 bridgehead atoms. The highest BCUT2D eigenvalue weighted by molar-refractivity contribution is 5.80. The molecular formula is C19H31N3O3. The van der Waals surface area contributed by atoms with E-state index in [1.807, 2.05) is 12.1 Å². The van der Waals surface area contributed by atoms with Gasteiger partial charge >= 0.3 is 0 Å². The van der Waals surface area contributed by atoms with Crippen LogP contribution in [0.1, 0.15) is 32.8 Å². The minimum Gasteiger partial charge on any atom is -0.508 e. The Morgan fingerprint density at radius 3 is 2.56 bits per heavy atom. The van der Waals surface area contributed by atoms with Crippen molar-refractivity contribution in [3.05, 3.63) is 23.8 Å². The summed E-state index contributed by atoms with van der Waals surface area (Å²) in [6.45, 7) is 7.24. The zero-order valence-corrected chi connectivity index (χ0v) is 16.1. The van der Waals surface area contributed by atoms with Crippen LogP contribution in [0.25, 0.3) is 0 Å². The maximum atomic E-state index is 10.0. The average molecular weight is 349 g/mol. The van der Waals surface area contributed by atoms with E-state index in [0.717, 1.165) is 17.9 Å². The number of aromatic hydroxyl groups is 1. The Hall–Kier alpha value is -1.95. The number of hydrogen-bond donors (Lipinski definition) is 3. The van der Waals surface area contributed by atoms with Gasteiger partial charge in [-0.3, -0.25) is 4.99 Å². The van der Waals surface area contributed by atoms with Crippen LogP contribution in [0.3, 0.4) is 0 Å². The maximum Gasteiger partial charge on any atom is 0.191 e. The molecule has 25 heavy (non-hydrogen) atoms. The molecule has 1 aliphatic carbocycles. The fourth-order valence-corrected chi connectivity index (χ4v) is 3.28. The molecule has 6 nitrogen and oxygen atoms in total. The van der Waals surface area contributed by atoms with Gasteiger partial charge in [-0.1, -0.05) is 19.9 Å². The second-order valence-corrected chi connectivity index (χ2v) is 7.30. The summed E-state index contributed by atoms with van der Waals surface area (Å²) in [6.07, 6.45) is 1.64. The highest BCUT2D eigenvalue weighted by atomic mass is 16.5. The molecule has 0 heterocycles. The van der Waals surface area contributed by atoms with E-state index >= 15 is 0 Å². The van der Waals surface area contributed by atoms with Crippen molar-refractivity contribution in [2.75, 3.05) is 27.8 Å². The fourth-order valence-electron chi connectivity index (χ4n) is 3.28. The minimum absolute atomic E-state index is 0.0215. The van der Waals surface area contributed by atoms with E-state index < -0.39 is 0 Å². The fraction of sp³-hybridized carbons (Fsp3) is 0.632. The Morgan fingerprint density at radius 2 is 2.04 bits per heavy atom. The topological polar surface area (TPSA) is 75.1 Å². The van der Waals surface area contributed by atoms with Gasteiger partial charge in [0.1, 0.15) is 11.5 Å². The second-order valence-electron chi connectivity index (χ2n) is 7.30. The van der Waals surface area contributed by atoms with E-state index in [0.29, 0.717) is 24.8 Å². The number of phenols is 1. The highest BCUT2D eigenvalue weighted by Gasteiger charge is 2.58. The first-order chi connectivity index (χ1) is 11.8. The second kappa shape index (κ2) is 7.52. The number of rotatable bonds is 6. The largest absolute Gasteiger partial charge is 0.508 e. The van der Waals surface area contributed by atoms with Gasteiger partial charge in [-0.25, -0.2) is 0 Å².